The summed E-state index contributed by atoms with van der Waals surface area (Å²) >= 11 is 0. The molecule has 0 spiro atoms. The van der Waals surface area contributed by atoms with E-state index >= 15 is 0 Å². The van der Waals surface area contributed by atoms with Crippen molar-refractivity contribution in [3.63, 3.8) is 0 Å². The number of carboxylic acids is 4. The SMILES string of the molecule is CCC(C)(C)COCC(C)(C)CC(=O)NCCCC(=O)NCCCCNC(=O)CCC(C(=O)O)N1CCN(CC(=O)O)CCN(CC(=O)O)CCN(CC(=O)O)CC1. The number of amides is 3. The molecule has 1 aliphatic heterocycles. The Morgan fingerprint density at radius 1 is 0.569 bits per heavy atom. The average molecular weight is 830 g/mol. The molecule has 0 aliphatic carbocycles. The third-order valence-corrected chi connectivity index (χ3v) is 10.1. The van der Waals surface area contributed by atoms with Crippen LogP contribution < -0.4 is 16.0 Å². The van der Waals surface area contributed by atoms with Crippen LogP contribution in [0.5, 0.6) is 0 Å². The van der Waals surface area contributed by atoms with Crippen molar-refractivity contribution < 1.29 is 58.7 Å². The molecule has 0 radical (unpaired) electrons. The van der Waals surface area contributed by atoms with Crippen molar-refractivity contribution in [2.75, 3.05) is 105 Å². The van der Waals surface area contributed by atoms with E-state index in [0.717, 1.165) is 6.42 Å². The van der Waals surface area contributed by atoms with E-state index in [1.165, 1.54) is 0 Å². The molecule has 1 atom stereocenters. The molecule has 1 saturated heterocycles. The summed E-state index contributed by atoms with van der Waals surface area (Å²) in [5.74, 6) is -4.98. The fourth-order valence-electron chi connectivity index (χ4n) is 6.26. The topological polar surface area (TPSA) is 259 Å². The number of carboxylic acid groups (broad SMARTS) is 4. The van der Waals surface area contributed by atoms with Crippen LogP contribution in [-0.2, 0) is 38.3 Å². The summed E-state index contributed by atoms with van der Waals surface area (Å²) in [6.07, 6.45) is 3.14. The average Bonchev–Trinajstić information content (AvgIpc) is 3.11. The van der Waals surface area contributed by atoms with Gasteiger partial charge in [0.15, 0.2) is 0 Å². The molecule has 0 saturated carbocycles. The van der Waals surface area contributed by atoms with Gasteiger partial charge in [-0.1, -0.05) is 34.6 Å². The lowest BCUT2D eigenvalue weighted by molar-refractivity contribution is -0.145. The Morgan fingerprint density at radius 2 is 0.966 bits per heavy atom. The van der Waals surface area contributed by atoms with Crippen molar-refractivity contribution in [1.29, 1.82) is 0 Å². The van der Waals surface area contributed by atoms with Crippen molar-refractivity contribution in [1.82, 2.24) is 35.6 Å². The Balaban J connectivity index is 2.52. The molecule has 0 aromatic carbocycles. The van der Waals surface area contributed by atoms with Crippen LogP contribution in [0.4, 0.5) is 0 Å². The molecule has 1 unspecified atom stereocenters. The van der Waals surface area contributed by atoms with Crippen LogP contribution in [-0.4, -0.2) is 193 Å². The van der Waals surface area contributed by atoms with Crippen molar-refractivity contribution in [2.24, 2.45) is 10.8 Å². The van der Waals surface area contributed by atoms with E-state index in [1.54, 1.807) is 19.6 Å². The Kier molecular flexibility index (Phi) is 24.9. The number of carbonyl (C=O) groups excluding carboxylic acids is 3. The van der Waals surface area contributed by atoms with Gasteiger partial charge in [0.1, 0.15) is 6.04 Å². The van der Waals surface area contributed by atoms with Gasteiger partial charge < -0.3 is 41.1 Å². The number of rotatable bonds is 27. The molecule has 19 nitrogen and oxygen atoms in total. The lowest BCUT2D eigenvalue weighted by Crippen LogP contribution is -2.52. The molecule has 0 bridgehead atoms. The van der Waals surface area contributed by atoms with Gasteiger partial charge in [-0.15, -0.1) is 0 Å². The predicted octanol–water partition coefficient (Wildman–Crippen LogP) is 0.473. The van der Waals surface area contributed by atoms with Gasteiger partial charge in [0, 0.05) is 91.3 Å². The van der Waals surface area contributed by atoms with Gasteiger partial charge in [-0.25, -0.2) is 0 Å². The number of hydrogen-bond acceptors (Lipinski definition) is 12. The number of carbonyl (C=O) groups is 7. The molecule has 58 heavy (non-hydrogen) atoms. The second-order valence-electron chi connectivity index (χ2n) is 16.7. The molecular formula is C39H71N7O12. The summed E-state index contributed by atoms with van der Waals surface area (Å²) in [5.41, 5.74) is -0.214. The highest BCUT2D eigenvalue weighted by molar-refractivity contribution is 5.79. The minimum absolute atomic E-state index is 0.0361. The smallest absolute Gasteiger partial charge is 0.320 e. The Morgan fingerprint density at radius 3 is 1.40 bits per heavy atom. The van der Waals surface area contributed by atoms with E-state index in [2.05, 4.69) is 36.7 Å². The van der Waals surface area contributed by atoms with Crippen LogP contribution >= 0.6 is 0 Å². The number of ether oxygens (including phenoxy) is 1. The van der Waals surface area contributed by atoms with Crippen LogP contribution in [0.3, 0.4) is 0 Å². The first kappa shape index (κ1) is 52.1. The zero-order valence-electron chi connectivity index (χ0n) is 35.4. The monoisotopic (exact) mass is 830 g/mol. The number of aliphatic carboxylic acids is 4. The first-order chi connectivity index (χ1) is 27.2. The van der Waals surface area contributed by atoms with E-state index in [1.807, 2.05) is 13.8 Å². The van der Waals surface area contributed by atoms with E-state index in [4.69, 9.17) is 4.74 Å². The predicted molar refractivity (Wildman–Crippen MR) is 215 cm³/mol. The molecule has 3 amide bonds. The van der Waals surface area contributed by atoms with Gasteiger partial charge in [-0.2, -0.15) is 0 Å². The summed E-state index contributed by atoms with van der Waals surface area (Å²) in [4.78, 5) is 90.8. The van der Waals surface area contributed by atoms with Gasteiger partial charge in [0.2, 0.25) is 17.7 Å². The Labute approximate surface area is 343 Å². The highest BCUT2D eigenvalue weighted by Crippen LogP contribution is 2.24. The van der Waals surface area contributed by atoms with E-state index in [0.29, 0.717) is 58.5 Å². The van der Waals surface area contributed by atoms with Crippen LogP contribution in [0.1, 0.15) is 86.0 Å². The van der Waals surface area contributed by atoms with E-state index in [9.17, 15) is 54.0 Å². The summed E-state index contributed by atoms with van der Waals surface area (Å²) in [6, 6.07) is -1.10. The minimum atomic E-state index is -1.17. The second kappa shape index (κ2) is 27.7. The van der Waals surface area contributed by atoms with Gasteiger partial charge >= 0.3 is 23.9 Å². The van der Waals surface area contributed by atoms with Crippen molar-refractivity contribution in [3.05, 3.63) is 0 Å². The Bertz CT molecular complexity index is 1280. The largest absolute Gasteiger partial charge is 0.480 e. The fraction of sp³-hybridized carbons (Fsp3) is 0.821. The quantitative estimate of drug-likeness (QED) is 0.0556. The third-order valence-electron chi connectivity index (χ3n) is 10.1. The number of unbranched alkanes of at least 4 members (excludes halogenated alkanes) is 1. The molecule has 19 heteroatoms. The molecule has 7 N–H and O–H groups in total. The first-order valence-electron chi connectivity index (χ1n) is 20.4. The Hall–Kier alpha value is -3.91. The van der Waals surface area contributed by atoms with E-state index in [-0.39, 0.29) is 120 Å². The first-order valence-corrected chi connectivity index (χ1v) is 20.4. The molecule has 334 valence electrons. The van der Waals surface area contributed by atoms with Crippen molar-refractivity contribution >= 4 is 41.6 Å². The van der Waals surface area contributed by atoms with Crippen molar-refractivity contribution in [2.45, 2.75) is 92.0 Å². The zero-order chi connectivity index (χ0) is 43.7. The van der Waals surface area contributed by atoms with Crippen LogP contribution in [0.2, 0.25) is 0 Å². The van der Waals surface area contributed by atoms with Crippen LogP contribution in [0.15, 0.2) is 0 Å². The summed E-state index contributed by atoms with van der Waals surface area (Å²) in [5, 5.41) is 46.9. The molecule has 1 aliphatic rings. The summed E-state index contributed by atoms with van der Waals surface area (Å²) in [6.45, 7) is 13.0. The van der Waals surface area contributed by atoms with Gasteiger partial charge in [0.05, 0.1) is 32.8 Å². The molecule has 0 aromatic heterocycles. The maximum absolute atomic E-state index is 12.7. The fourth-order valence-corrected chi connectivity index (χ4v) is 6.26. The highest BCUT2D eigenvalue weighted by Gasteiger charge is 2.29. The van der Waals surface area contributed by atoms with Gasteiger partial charge in [-0.05, 0) is 42.9 Å². The number of nitrogens with zero attached hydrogens (tertiary/aromatic N) is 4. The molecule has 0 aromatic rings. The van der Waals surface area contributed by atoms with Gasteiger partial charge in [0.25, 0.3) is 0 Å². The summed E-state index contributed by atoms with van der Waals surface area (Å²) in [7, 11) is 0. The molecular weight excluding hydrogens is 758 g/mol. The maximum Gasteiger partial charge on any atom is 0.320 e. The molecule has 1 heterocycles. The molecule has 1 rings (SSSR count). The lowest BCUT2D eigenvalue weighted by atomic mass is 9.89. The standard InChI is InChI=1S/C39H71N7O12/c1-6-38(2,3)28-58-29-39(4,5)24-33(49)42-15-9-10-31(47)40-13-7-8-14-41-32(48)12-11-30(37(56)57)46-22-20-44(26-35(52)53)18-16-43(25-34(50)51)17-19-45(21-23-46)27-36(54)55/h30H,6-29H2,1-5H3,(H,40,47)(H,41,48)(H,42,49)(H,50,51)(H,52,53)(H,54,55)(H,56,57). The third kappa shape index (κ3) is 25.5. The highest BCUT2D eigenvalue weighted by atomic mass is 16.5. The van der Waals surface area contributed by atoms with Gasteiger partial charge in [-0.3, -0.25) is 53.2 Å². The van der Waals surface area contributed by atoms with Crippen LogP contribution in [0.25, 0.3) is 0 Å². The van der Waals surface area contributed by atoms with E-state index < -0.39 is 29.9 Å². The minimum Gasteiger partial charge on any atom is -0.480 e. The van der Waals surface area contributed by atoms with Crippen LogP contribution in [0, 0.1) is 10.8 Å². The summed E-state index contributed by atoms with van der Waals surface area (Å²) < 4.78 is 5.87. The maximum atomic E-state index is 12.7. The zero-order valence-corrected chi connectivity index (χ0v) is 35.4. The molecule has 1 fully saturated rings. The normalized spacial score (nSPS) is 16.4. The second-order valence-corrected chi connectivity index (χ2v) is 16.7. The number of hydrogen-bond donors (Lipinski definition) is 7. The van der Waals surface area contributed by atoms with Crippen molar-refractivity contribution in [3.8, 4) is 0 Å². The lowest BCUT2D eigenvalue weighted by Gasteiger charge is -2.35. The number of nitrogens with one attached hydrogen (secondary N) is 3.